The highest BCUT2D eigenvalue weighted by molar-refractivity contribution is 6.99. The molecule has 2 atom stereocenters. The first kappa shape index (κ1) is 18.3. The molecule has 1 aliphatic rings. The van der Waals surface area contributed by atoms with E-state index in [9.17, 15) is 5.11 Å². The van der Waals surface area contributed by atoms with Gasteiger partial charge in [0.25, 0.3) is 8.32 Å². The van der Waals surface area contributed by atoms with Gasteiger partial charge >= 0.3 is 0 Å². The van der Waals surface area contributed by atoms with Gasteiger partial charge in [-0.05, 0) is 21.8 Å². The van der Waals surface area contributed by atoms with Crippen LogP contribution < -0.4 is 10.4 Å². The first-order valence-electron chi connectivity index (χ1n) is 9.02. The molecule has 134 valence electrons. The Labute approximate surface area is 151 Å². The van der Waals surface area contributed by atoms with Crippen LogP contribution in [0.5, 0.6) is 0 Å². The van der Waals surface area contributed by atoms with Crippen molar-refractivity contribution in [3.05, 3.63) is 60.7 Å². The summed E-state index contributed by atoms with van der Waals surface area (Å²) in [7, 11) is -2.50. The highest BCUT2D eigenvalue weighted by atomic mass is 28.4. The fraction of sp³-hybridized carbons (Fsp3) is 0.429. The van der Waals surface area contributed by atoms with Gasteiger partial charge in [0.05, 0.1) is 12.7 Å². The molecule has 1 fully saturated rings. The van der Waals surface area contributed by atoms with Crippen molar-refractivity contribution in [2.45, 2.75) is 51.0 Å². The van der Waals surface area contributed by atoms with Crippen LogP contribution in [0.2, 0.25) is 5.04 Å². The molecule has 2 aromatic carbocycles. The highest BCUT2D eigenvalue weighted by Crippen LogP contribution is 2.37. The Morgan fingerprint density at radius 3 is 1.88 bits per heavy atom. The third kappa shape index (κ3) is 3.72. The van der Waals surface area contributed by atoms with Crippen LogP contribution in [0.15, 0.2) is 60.7 Å². The van der Waals surface area contributed by atoms with Crippen LogP contribution in [0.3, 0.4) is 0 Å². The van der Waals surface area contributed by atoms with E-state index in [0.29, 0.717) is 13.0 Å². The minimum Gasteiger partial charge on any atom is -0.405 e. The molecule has 0 aromatic heterocycles. The van der Waals surface area contributed by atoms with Gasteiger partial charge in [-0.2, -0.15) is 0 Å². The highest BCUT2D eigenvalue weighted by Gasteiger charge is 2.50. The minimum atomic E-state index is -2.50. The van der Waals surface area contributed by atoms with Crippen molar-refractivity contribution in [3.63, 3.8) is 0 Å². The molecule has 0 saturated carbocycles. The molecule has 0 aliphatic carbocycles. The van der Waals surface area contributed by atoms with Crippen LogP contribution >= 0.6 is 0 Å². The van der Waals surface area contributed by atoms with Crippen LogP contribution in [-0.2, 0) is 9.16 Å². The van der Waals surface area contributed by atoms with Gasteiger partial charge in [-0.3, -0.25) is 0 Å². The van der Waals surface area contributed by atoms with Gasteiger partial charge in [-0.25, -0.2) is 0 Å². The zero-order valence-corrected chi connectivity index (χ0v) is 16.3. The van der Waals surface area contributed by atoms with Crippen LogP contribution in [0, 0.1) is 0 Å². The predicted octanol–water partition coefficient (Wildman–Crippen LogP) is 3.06. The van der Waals surface area contributed by atoms with Crippen molar-refractivity contribution in [1.82, 2.24) is 0 Å². The molecule has 1 unspecified atom stereocenters. The number of rotatable bonds is 5. The maximum absolute atomic E-state index is 9.66. The predicted molar refractivity (Wildman–Crippen MR) is 104 cm³/mol. The average molecular weight is 357 g/mol. The van der Waals surface area contributed by atoms with Gasteiger partial charge in [0, 0.05) is 6.42 Å². The lowest BCUT2D eigenvalue weighted by Gasteiger charge is -2.43. The maximum atomic E-state index is 9.66. The lowest BCUT2D eigenvalue weighted by atomic mass is 10.2. The molecule has 1 aliphatic heterocycles. The lowest BCUT2D eigenvalue weighted by Crippen LogP contribution is -2.67. The normalized spacial score (nSPS) is 21.4. The summed E-state index contributed by atoms with van der Waals surface area (Å²) < 4.78 is 12.4. The van der Waals surface area contributed by atoms with Gasteiger partial charge in [0.1, 0.15) is 0 Å². The molecule has 0 bridgehead atoms. The van der Waals surface area contributed by atoms with Crippen molar-refractivity contribution >= 4 is 18.7 Å². The molecule has 2 aromatic rings. The third-order valence-electron chi connectivity index (χ3n) is 4.99. The van der Waals surface area contributed by atoms with Gasteiger partial charge in [-0.15, -0.1) is 0 Å². The summed E-state index contributed by atoms with van der Waals surface area (Å²) >= 11 is 0. The second-order valence-corrected chi connectivity index (χ2v) is 12.1. The van der Waals surface area contributed by atoms with E-state index in [0.717, 1.165) is 6.42 Å². The molecule has 1 heterocycles. The summed E-state index contributed by atoms with van der Waals surface area (Å²) in [6.45, 7) is 7.32. The van der Waals surface area contributed by atoms with E-state index in [1.54, 1.807) is 0 Å². The van der Waals surface area contributed by atoms with Gasteiger partial charge in [0.15, 0.2) is 6.29 Å². The first-order chi connectivity index (χ1) is 11.9. The average Bonchev–Trinajstić information content (AvgIpc) is 3.02. The maximum Gasteiger partial charge on any atom is 0.261 e. The van der Waals surface area contributed by atoms with Gasteiger partial charge in [0.2, 0.25) is 0 Å². The molecule has 1 saturated heterocycles. The standard InChI is InChI=1S/C21H28O3Si/c1-21(2,3)25(18-10-6-4-7-11-18,19-12-8-5-9-13-19)23-16-17-14-15-20(22)24-17/h4-13,17,20,22H,14-16H2,1-3H3/t17-,20?/m0/s1. The Morgan fingerprint density at radius 2 is 1.48 bits per heavy atom. The summed E-state index contributed by atoms with van der Waals surface area (Å²) in [6, 6.07) is 21.2. The smallest absolute Gasteiger partial charge is 0.261 e. The van der Waals surface area contributed by atoms with Crippen molar-refractivity contribution in [1.29, 1.82) is 0 Å². The van der Waals surface area contributed by atoms with Crippen LogP contribution in [0.25, 0.3) is 0 Å². The van der Waals surface area contributed by atoms with E-state index in [1.807, 2.05) is 12.1 Å². The third-order valence-corrected chi connectivity index (χ3v) is 9.99. The largest absolute Gasteiger partial charge is 0.405 e. The molecule has 3 rings (SSSR count). The van der Waals surface area contributed by atoms with E-state index in [1.165, 1.54) is 10.4 Å². The Hall–Kier alpha value is -1.46. The summed E-state index contributed by atoms with van der Waals surface area (Å²) in [6.07, 6.45) is 0.859. The number of aliphatic hydroxyl groups excluding tert-OH is 1. The van der Waals surface area contributed by atoms with Crippen molar-refractivity contribution in [2.24, 2.45) is 0 Å². The Bertz CT molecular complexity index is 627. The zero-order valence-electron chi connectivity index (χ0n) is 15.3. The monoisotopic (exact) mass is 356 g/mol. The van der Waals surface area contributed by atoms with Crippen molar-refractivity contribution < 1.29 is 14.3 Å². The molecule has 1 N–H and O–H groups in total. The molecule has 0 spiro atoms. The topological polar surface area (TPSA) is 38.7 Å². The van der Waals surface area contributed by atoms with Gasteiger partial charge < -0.3 is 14.3 Å². The molecule has 4 heteroatoms. The van der Waals surface area contributed by atoms with Crippen molar-refractivity contribution in [2.75, 3.05) is 6.61 Å². The summed E-state index contributed by atoms with van der Waals surface area (Å²) in [4.78, 5) is 0. The molecule has 0 radical (unpaired) electrons. The summed E-state index contributed by atoms with van der Waals surface area (Å²) in [5, 5.41) is 12.2. The second-order valence-electron chi connectivity index (χ2n) is 7.76. The van der Waals surface area contributed by atoms with E-state index in [4.69, 9.17) is 9.16 Å². The molecule has 0 amide bonds. The number of aliphatic hydroxyl groups is 1. The Kier molecular flexibility index (Phi) is 5.44. The zero-order chi connectivity index (χ0) is 17.9. The number of benzene rings is 2. The van der Waals surface area contributed by atoms with Crippen LogP contribution in [0.4, 0.5) is 0 Å². The van der Waals surface area contributed by atoms with Gasteiger partial charge in [-0.1, -0.05) is 81.4 Å². The quantitative estimate of drug-likeness (QED) is 0.837. The number of ether oxygens (including phenoxy) is 1. The number of hydrogen-bond donors (Lipinski definition) is 1. The molecular weight excluding hydrogens is 328 g/mol. The van der Waals surface area contributed by atoms with E-state index < -0.39 is 14.6 Å². The molecular formula is C21H28O3Si. The Morgan fingerprint density at radius 1 is 0.960 bits per heavy atom. The molecule has 3 nitrogen and oxygen atoms in total. The lowest BCUT2D eigenvalue weighted by molar-refractivity contribution is -0.0992. The summed E-state index contributed by atoms with van der Waals surface area (Å²) in [5.74, 6) is 0. The van der Waals surface area contributed by atoms with Crippen LogP contribution in [0.1, 0.15) is 33.6 Å². The fourth-order valence-corrected chi connectivity index (χ4v) is 8.38. The van der Waals surface area contributed by atoms with E-state index in [-0.39, 0.29) is 11.1 Å². The summed E-state index contributed by atoms with van der Waals surface area (Å²) in [5.41, 5.74) is 0. The fourth-order valence-electron chi connectivity index (χ4n) is 3.79. The molecule has 25 heavy (non-hydrogen) atoms. The minimum absolute atomic E-state index is 0.0309. The number of hydrogen-bond acceptors (Lipinski definition) is 3. The Balaban J connectivity index is 2.02. The van der Waals surface area contributed by atoms with Crippen molar-refractivity contribution in [3.8, 4) is 0 Å². The SMILES string of the molecule is CC(C)(C)[Si](OC[C@@H]1CCC(O)O1)(c1ccccc1)c1ccccc1. The first-order valence-corrected chi connectivity index (χ1v) is 10.9. The van der Waals surface area contributed by atoms with E-state index in [2.05, 4.69) is 69.3 Å². The van der Waals surface area contributed by atoms with Crippen LogP contribution in [-0.4, -0.2) is 32.4 Å². The van der Waals surface area contributed by atoms with E-state index >= 15 is 0 Å². The second kappa shape index (κ2) is 7.42.